The number of nitrogens with zero attached hydrogens (tertiary/aromatic N) is 3. The van der Waals surface area contributed by atoms with Crippen LogP contribution < -0.4 is 4.90 Å². The molecule has 3 atom stereocenters. The van der Waals surface area contributed by atoms with Gasteiger partial charge in [0.1, 0.15) is 0 Å². The van der Waals surface area contributed by atoms with Crippen molar-refractivity contribution >= 4 is 16.5 Å². The first-order valence-electron chi connectivity index (χ1n) is 7.21. The lowest BCUT2D eigenvalue weighted by molar-refractivity contribution is 0.160. The van der Waals surface area contributed by atoms with E-state index in [4.69, 9.17) is 4.98 Å². The molecular weight excluding hydrogens is 258 g/mol. The molecular formula is C14H23N3OS. The van der Waals surface area contributed by atoms with Crippen LogP contribution in [0.15, 0.2) is 0 Å². The number of hydrogen-bond donors (Lipinski definition) is 1. The number of aromatic nitrogens is 1. The van der Waals surface area contributed by atoms with E-state index in [-0.39, 0.29) is 6.10 Å². The maximum absolute atomic E-state index is 10.1. The van der Waals surface area contributed by atoms with Crippen molar-refractivity contribution in [3.05, 3.63) is 10.6 Å². The van der Waals surface area contributed by atoms with Gasteiger partial charge in [0, 0.05) is 25.2 Å². The Morgan fingerprint density at radius 1 is 1.26 bits per heavy atom. The third-order valence-corrected chi connectivity index (χ3v) is 5.80. The molecule has 0 amide bonds. The molecule has 0 radical (unpaired) electrons. The molecule has 1 aliphatic heterocycles. The quantitative estimate of drug-likeness (QED) is 0.855. The fourth-order valence-corrected chi connectivity index (χ4v) is 4.23. The zero-order valence-electron chi connectivity index (χ0n) is 12.0. The van der Waals surface area contributed by atoms with Crippen LogP contribution in [0.2, 0.25) is 0 Å². The van der Waals surface area contributed by atoms with Crippen molar-refractivity contribution in [2.45, 2.75) is 51.3 Å². The van der Waals surface area contributed by atoms with E-state index in [0.717, 1.165) is 48.1 Å². The van der Waals surface area contributed by atoms with E-state index in [1.165, 1.54) is 0 Å². The molecule has 1 N–H and O–H groups in total. The number of likely N-dealkylation sites (N-methyl/N-ethyl adjacent to an activating group) is 1. The van der Waals surface area contributed by atoms with Crippen LogP contribution in [0.1, 0.15) is 43.4 Å². The van der Waals surface area contributed by atoms with Crippen molar-refractivity contribution in [3.63, 3.8) is 0 Å². The Morgan fingerprint density at radius 2 is 1.95 bits per heavy atom. The molecule has 0 aromatic carbocycles. The third kappa shape index (κ3) is 2.39. The van der Waals surface area contributed by atoms with Crippen LogP contribution in [-0.2, 0) is 6.42 Å². The van der Waals surface area contributed by atoms with Crippen LogP contribution in [0.25, 0.3) is 0 Å². The molecule has 3 rings (SSSR count). The molecule has 3 unspecified atom stereocenters. The predicted octanol–water partition coefficient (Wildman–Crippen LogP) is 2.04. The van der Waals surface area contributed by atoms with Gasteiger partial charge >= 0.3 is 0 Å². The van der Waals surface area contributed by atoms with Crippen molar-refractivity contribution in [2.24, 2.45) is 0 Å². The van der Waals surface area contributed by atoms with Crippen molar-refractivity contribution < 1.29 is 5.11 Å². The molecule has 4 nitrogen and oxygen atoms in total. The van der Waals surface area contributed by atoms with Gasteiger partial charge in [-0.15, -0.1) is 0 Å². The van der Waals surface area contributed by atoms with E-state index >= 15 is 0 Å². The standard InChI is InChI=1S/C14H23N3OS/c1-9-7-17(8-10(2)16(9)3)14-15-11-5-4-6-12(18)13(11)19-14/h9-10,12,18H,4-8H2,1-3H3. The Labute approximate surface area is 119 Å². The predicted molar refractivity (Wildman–Crippen MR) is 78.9 cm³/mol. The number of aryl methyl sites for hydroxylation is 1. The van der Waals surface area contributed by atoms with Gasteiger partial charge in [-0.1, -0.05) is 11.3 Å². The van der Waals surface area contributed by atoms with Gasteiger partial charge in [-0.2, -0.15) is 0 Å². The van der Waals surface area contributed by atoms with Crippen LogP contribution in [-0.4, -0.2) is 47.2 Å². The molecule has 0 bridgehead atoms. The molecule has 1 aliphatic carbocycles. The van der Waals surface area contributed by atoms with Crippen molar-refractivity contribution in [1.82, 2.24) is 9.88 Å². The van der Waals surface area contributed by atoms with Gasteiger partial charge in [0.25, 0.3) is 0 Å². The van der Waals surface area contributed by atoms with Crippen LogP contribution in [0.4, 0.5) is 5.13 Å². The van der Waals surface area contributed by atoms with E-state index in [1.54, 1.807) is 11.3 Å². The van der Waals surface area contributed by atoms with Gasteiger partial charge in [0.15, 0.2) is 5.13 Å². The fraction of sp³-hybridized carbons (Fsp3) is 0.786. The van der Waals surface area contributed by atoms with Gasteiger partial charge in [0.2, 0.25) is 0 Å². The Morgan fingerprint density at radius 3 is 2.58 bits per heavy atom. The average Bonchev–Trinajstić information content (AvgIpc) is 2.81. The van der Waals surface area contributed by atoms with Crippen LogP contribution in [0, 0.1) is 0 Å². The Bertz CT molecular complexity index is 450. The third-order valence-electron chi connectivity index (χ3n) is 4.54. The summed E-state index contributed by atoms with van der Waals surface area (Å²) in [6.07, 6.45) is 2.70. The lowest BCUT2D eigenvalue weighted by Gasteiger charge is -2.42. The van der Waals surface area contributed by atoms with Crippen LogP contribution in [0.3, 0.4) is 0 Å². The van der Waals surface area contributed by atoms with E-state index < -0.39 is 0 Å². The molecule has 2 aliphatic rings. The second-order valence-corrected chi connectivity index (χ2v) is 6.99. The average molecular weight is 281 g/mol. The maximum atomic E-state index is 10.1. The lowest BCUT2D eigenvalue weighted by Crippen LogP contribution is -2.55. The summed E-state index contributed by atoms with van der Waals surface area (Å²) in [6.45, 7) is 6.60. The molecule has 2 heterocycles. The minimum absolute atomic E-state index is 0.280. The first-order valence-corrected chi connectivity index (χ1v) is 8.02. The second-order valence-electron chi connectivity index (χ2n) is 5.98. The molecule has 1 aromatic rings. The zero-order chi connectivity index (χ0) is 13.6. The monoisotopic (exact) mass is 281 g/mol. The van der Waals surface area contributed by atoms with E-state index in [9.17, 15) is 5.11 Å². The Hall–Kier alpha value is -0.650. The van der Waals surface area contributed by atoms with Crippen molar-refractivity contribution in [3.8, 4) is 0 Å². The number of aliphatic hydroxyl groups is 1. The maximum Gasteiger partial charge on any atom is 0.185 e. The fourth-order valence-electron chi connectivity index (χ4n) is 3.08. The van der Waals surface area contributed by atoms with Gasteiger partial charge in [0.05, 0.1) is 16.7 Å². The summed E-state index contributed by atoms with van der Waals surface area (Å²) >= 11 is 1.70. The van der Waals surface area contributed by atoms with E-state index in [2.05, 4.69) is 30.7 Å². The lowest BCUT2D eigenvalue weighted by atomic mass is 10.0. The molecule has 5 heteroatoms. The van der Waals surface area contributed by atoms with Gasteiger partial charge < -0.3 is 10.0 Å². The summed E-state index contributed by atoms with van der Waals surface area (Å²) < 4.78 is 0. The largest absolute Gasteiger partial charge is 0.388 e. The number of rotatable bonds is 1. The highest BCUT2D eigenvalue weighted by molar-refractivity contribution is 7.15. The highest BCUT2D eigenvalue weighted by Crippen LogP contribution is 2.38. The number of hydrogen-bond acceptors (Lipinski definition) is 5. The summed E-state index contributed by atoms with van der Waals surface area (Å²) in [6, 6.07) is 1.10. The molecule has 0 saturated carbocycles. The number of anilines is 1. The summed E-state index contributed by atoms with van der Waals surface area (Å²) in [4.78, 5) is 10.7. The Balaban J connectivity index is 1.83. The molecule has 1 aromatic heterocycles. The summed E-state index contributed by atoms with van der Waals surface area (Å²) in [7, 11) is 2.20. The number of thiazole rings is 1. The summed E-state index contributed by atoms with van der Waals surface area (Å²) in [5.74, 6) is 0. The number of fused-ring (bicyclic) bond motifs is 1. The van der Waals surface area contributed by atoms with Crippen molar-refractivity contribution in [1.29, 1.82) is 0 Å². The van der Waals surface area contributed by atoms with E-state index in [1.807, 2.05) is 0 Å². The summed E-state index contributed by atoms with van der Waals surface area (Å²) in [5, 5.41) is 11.2. The van der Waals surface area contributed by atoms with Crippen LogP contribution in [0.5, 0.6) is 0 Å². The van der Waals surface area contributed by atoms with Gasteiger partial charge in [-0.05, 0) is 40.2 Å². The van der Waals surface area contributed by atoms with E-state index in [0.29, 0.717) is 12.1 Å². The van der Waals surface area contributed by atoms with Crippen molar-refractivity contribution in [2.75, 3.05) is 25.0 Å². The first-order chi connectivity index (χ1) is 9.06. The van der Waals surface area contributed by atoms with Gasteiger partial charge in [-0.3, -0.25) is 4.90 Å². The van der Waals surface area contributed by atoms with Crippen LogP contribution >= 0.6 is 11.3 Å². The molecule has 1 fully saturated rings. The highest BCUT2D eigenvalue weighted by atomic mass is 32.1. The number of aliphatic hydroxyl groups excluding tert-OH is 1. The minimum atomic E-state index is -0.280. The SMILES string of the molecule is CC1CN(c2nc3c(s2)C(O)CCC3)CC(C)N1C. The highest BCUT2D eigenvalue weighted by Gasteiger charge is 2.30. The minimum Gasteiger partial charge on any atom is -0.388 e. The zero-order valence-corrected chi connectivity index (χ0v) is 12.8. The molecule has 1 saturated heterocycles. The smallest absolute Gasteiger partial charge is 0.185 e. The summed E-state index contributed by atoms with van der Waals surface area (Å²) in [5.41, 5.74) is 1.14. The molecule has 106 valence electrons. The molecule has 19 heavy (non-hydrogen) atoms. The normalized spacial score (nSPS) is 32.4. The number of piperazine rings is 1. The molecule has 0 spiro atoms. The second kappa shape index (κ2) is 5.04. The topological polar surface area (TPSA) is 39.6 Å². The van der Waals surface area contributed by atoms with Gasteiger partial charge in [-0.25, -0.2) is 4.98 Å². The Kier molecular flexibility index (Phi) is 3.53. The first kappa shape index (κ1) is 13.3.